The van der Waals surface area contributed by atoms with Crippen molar-refractivity contribution >= 4 is 16.1 Å². The van der Waals surface area contributed by atoms with E-state index in [1.807, 2.05) is 97.9 Å². The molecule has 0 bridgehead atoms. The van der Waals surface area contributed by atoms with Gasteiger partial charge in [0.1, 0.15) is 37.8 Å². The van der Waals surface area contributed by atoms with E-state index in [1.54, 1.807) is 36.4 Å². The van der Waals surface area contributed by atoms with Crippen LogP contribution in [0.2, 0.25) is 0 Å². The summed E-state index contributed by atoms with van der Waals surface area (Å²) in [6.07, 6.45) is -1.53. The zero-order valence-corrected chi connectivity index (χ0v) is 32.8. The molecule has 10 nitrogen and oxygen atoms in total. The molecule has 3 atom stereocenters. The zero-order chi connectivity index (χ0) is 40.3. The van der Waals surface area contributed by atoms with Crippen molar-refractivity contribution in [1.82, 2.24) is 0 Å². The van der Waals surface area contributed by atoms with Crippen LogP contribution in [0.15, 0.2) is 157 Å². The quantitative estimate of drug-likeness (QED) is 0.0748. The maximum Gasteiger partial charge on any atom is 0.338 e. The van der Waals surface area contributed by atoms with Gasteiger partial charge < -0.3 is 28.8 Å². The second-order valence-electron chi connectivity index (χ2n) is 14.0. The summed E-state index contributed by atoms with van der Waals surface area (Å²) in [5.74, 6) is 0.313. The number of ether oxygens (including phenoxy) is 5. The lowest BCUT2D eigenvalue weighted by atomic mass is 9.95. The molecular formula is C47H44O10S. The van der Waals surface area contributed by atoms with Gasteiger partial charge in [-0.15, -0.1) is 0 Å². The number of carbonyl (C=O) groups is 1. The van der Waals surface area contributed by atoms with E-state index in [-0.39, 0.29) is 42.6 Å². The number of esters is 1. The average Bonchev–Trinajstić information content (AvgIpc) is 3.25. The van der Waals surface area contributed by atoms with Crippen molar-refractivity contribution < 1.29 is 46.2 Å². The third-order valence-corrected chi connectivity index (χ3v) is 10.9. The van der Waals surface area contributed by atoms with Gasteiger partial charge in [-0.2, -0.15) is 8.42 Å². The van der Waals surface area contributed by atoms with Gasteiger partial charge in [-0.05, 0) is 78.4 Å². The normalized spacial score (nSPS) is 16.6. The molecule has 6 aromatic rings. The van der Waals surface area contributed by atoms with E-state index in [0.29, 0.717) is 35.7 Å². The number of phenolic OH excluding ortho intramolecular Hbond substituents is 1. The number of rotatable bonds is 16. The molecule has 1 heterocycles. The summed E-state index contributed by atoms with van der Waals surface area (Å²) in [6.45, 7) is 2.25. The smallest absolute Gasteiger partial charge is 0.338 e. The van der Waals surface area contributed by atoms with Crippen molar-refractivity contribution in [2.24, 2.45) is 0 Å². The summed E-state index contributed by atoms with van der Waals surface area (Å²) >= 11 is 0. The van der Waals surface area contributed by atoms with Gasteiger partial charge in [0, 0.05) is 0 Å². The minimum absolute atomic E-state index is 0.0477. The zero-order valence-electron chi connectivity index (χ0n) is 31.9. The summed E-state index contributed by atoms with van der Waals surface area (Å²) in [5.41, 5.74) is 4.48. The Morgan fingerprint density at radius 3 is 1.72 bits per heavy atom. The van der Waals surface area contributed by atoms with Gasteiger partial charge in [-0.25, -0.2) is 4.79 Å². The van der Waals surface area contributed by atoms with Gasteiger partial charge in [-0.1, -0.05) is 121 Å². The van der Waals surface area contributed by atoms with E-state index in [2.05, 4.69) is 0 Å². The Bertz CT molecular complexity index is 2290. The van der Waals surface area contributed by atoms with Gasteiger partial charge in [0.2, 0.25) is 5.75 Å². The van der Waals surface area contributed by atoms with E-state index in [9.17, 15) is 18.3 Å². The highest BCUT2D eigenvalue weighted by Gasteiger charge is 2.37. The number of aryl methyl sites for hydroxylation is 1. The molecule has 6 aromatic carbocycles. The minimum Gasteiger partial charge on any atom is -0.508 e. The molecule has 0 saturated carbocycles. The fraction of sp³-hybridized carbons (Fsp3) is 0.213. The highest BCUT2D eigenvalue weighted by Crippen LogP contribution is 2.42. The Kier molecular flexibility index (Phi) is 13.0. The van der Waals surface area contributed by atoms with Gasteiger partial charge in [0.25, 0.3) is 10.1 Å². The van der Waals surface area contributed by atoms with Gasteiger partial charge in [0.15, 0.2) is 11.5 Å². The van der Waals surface area contributed by atoms with E-state index in [4.69, 9.17) is 27.9 Å². The number of phenols is 1. The predicted molar refractivity (Wildman–Crippen MR) is 217 cm³/mol. The Labute approximate surface area is 338 Å². The van der Waals surface area contributed by atoms with Crippen LogP contribution in [0.25, 0.3) is 0 Å². The van der Waals surface area contributed by atoms with E-state index < -0.39 is 34.4 Å². The molecule has 7 rings (SSSR count). The van der Waals surface area contributed by atoms with Gasteiger partial charge >= 0.3 is 5.97 Å². The Morgan fingerprint density at radius 1 is 0.672 bits per heavy atom. The number of benzene rings is 6. The molecule has 1 N–H and O–H groups in total. The summed E-state index contributed by atoms with van der Waals surface area (Å²) in [6, 6.07) is 45.0. The lowest BCUT2D eigenvalue weighted by Gasteiger charge is -2.36. The highest BCUT2D eigenvalue weighted by atomic mass is 32.2. The molecule has 1 aliphatic heterocycles. The van der Waals surface area contributed by atoms with Crippen molar-refractivity contribution in [3.63, 3.8) is 0 Å². The van der Waals surface area contributed by atoms with Crippen LogP contribution in [0.1, 0.15) is 57.1 Å². The molecule has 0 unspecified atom stereocenters. The summed E-state index contributed by atoms with van der Waals surface area (Å²) in [7, 11) is -4.04. The number of hydrogen-bond acceptors (Lipinski definition) is 10. The summed E-state index contributed by atoms with van der Waals surface area (Å²) < 4.78 is 63.2. The van der Waals surface area contributed by atoms with E-state index in [0.717, 1.165) is 22.3 Å². The molecule has 1 fully saturated rings. The van der Waals surface area contributed by atoms with Crippen LogP contribution in [0.3, 0.4) is 0 Å². The monoisotopic (exact) mass is 800 g/mol. The van der Waals surface area contributed by atoms with Crippen molar-refractivity contribution in [3.05, 3.63) is 185 Å². The lowest BCUT2D eigenvalue weighted by molar-refractivity contribution is -0.133. The SMILES string of the molecule is Cc1ccc(S(=O)(=O)OC[C@@H]2CC[C@@H](OC(=O)c3cc(OCc4ccccc4)c(OCc4ccccc4)c(OCc4ccccc4)c3)[C@@H](c3ccc(O)cc3)O2)cc1. The first-order valence-corrected chi connectivity index (χ1v) is 20.4. The highest BCUT2D eigenvalue weighted by molar-refractivity contribution is 7.86. The molecule has 58 heavy (non-hydrogen) atoms. The van der Waals surface area contributed by atoms with Gasteiger partial charge in [0.05, 0.1) is 23.2 Å². The van der Waals surface area contributed by atoms with E-state index >= 15 is 0 Å². The van der Waals surface area contributed by atoms with Crippen molar-refractivity contribution in [1.29, 1.82) is 0 Å². The predicted octanol–water partition coefficient (Wildman–Crippen LogP) is 9.29. The van der Waals surface area contributed by atoms with Crippen LogP contribution in [0.5, 0.6) is 23.0 Å². The molecule has 0 aromatic heterocycles. The molecule has 0 aliphatic carbocycles. The first-order valence-electron chi connectivity index (χ1n) is 19.0. The third kappa shape index (κ3) is 10.6. The maximum absolute atomic E-state index is 14.2. The molecule has 11 heteroatoms. The van der Waals surface area contributed by atoms with E-state index in [1.165, 1.54) is 24.3 Å². The largest absolute Gasteiger partial charge is 0.508 e. The second-order valence-corrected chi connectivity index (χ2v) is 15.6. The number of hydrogen-bond donors (Lipinski definition) is 1. The van der Waals surface area contributed by atoms with Crippen LogP contribution >= 0.6 is 0 Å². The molecule has 0 radical (unpaired) electrons. The maximum atomic E-state index is 14.2. The Balaban J connectivity index is 1.15. The lowest BCUT2D eigenvalue weighted by Crippen LogP contribution is -2.38. The van der Waals surface area contributed by atoms with Crippen molar-refractivity contribution in [3.8, 4) is 23.0 Å². The topological polar surface area (TPSA) is 127 Å². The molecule has 0 spiro atoms. The van der Waals surface area contributed by atoms with Crippen LogP contribution in [0.4, 0.5) is 0 Å². The fourth-order valence-corrected chi connectivity index (χ4v) is 7.40. The summed E-state index contributed by atoms with van der Waals surface area (Å²) in [5, 5.41) is 10.0. The number of aromatic hydroxyl groups is 1. The van der Waals surface area contributed by atoms with Crippen molar-refractivity contribution in [2.75, 3.05) is 6.61 Å². The minimum atomic E-state index is -4.04. The number of carbonyl (C=O) groups excluding carboxylic acids is 1. The first-order chi connectivity index (χ1) is 28.2. The van der Waals surface area contributed by atoms with Crippen LogP contribution in [0, 0.1) is 6.92 Å². The third-order valence-electron chi connectivity index (χ3n) is 9.61. The Morgan fingerprint density at radius 2 is 1.19 bits per heavy atom. The molecule has 1 aliphatic rings. The fourth-order valence-electron chi connectivity index (χ4n) is 6.46. The van der Waals surface area contributed by atoms with Crippen LogP contribution in [-0.4, -0.2) is 38.3 Å². The van der Waals surface area contributed by atoms with Crippen LogP contribution in [-0.2, 0) is 43.6 Å². The molecule has 1 saturated heterocycles. The van der Waals surface area contributed by atoms with Gasteiger partial charge in [-0.3, -0.25) is 4.18 Å². The molecular weight excluding hydrogens is 757 g/mol. The standard InChI is InChI=1S/C47H44O10S/c1-33-17-24-41(25-18-33)58(50,51)55-32-40-23-26-42(45(56-40)37-19-21-39(48)22-20-37)57-47(49)38-27-43(52-29-34-11-5-2-6-12-34)46(54-31-36-15-9-4-10-16-36)44(28-38)53-30-35-13-7-3-8-14-35/h2-22,24-25,27-28,40,42,45,48H,23,26,29-32H2,1H3/t40-,42+,45+/m0/s1. The Hall–Kier alpha value is -6.14. The molecule has 0 amide bonds. The van der Waals surface area contributed by atoms with Crippen molar-refractivity contribution in [2.45, 2.75) is 62.8 Å². The summed E-state index contributed by atoms with van der Waals surface area (Å²) in [4.78, 5) is 14.3. The van der Waals surface area contributed by atoms with Crippen LogP contribution < -0.4 is 14.2 Å². The first kappa shape index (κ1) is 40.1. The second kappa shape index (κ2) is 18.9. The molecule has 298 valence electrons. The average molecular weight is 801 g/mol.